The molecule has 1 aromatic rings. The summed E-state index contributed by atoms with van der Waals surface area (Å²) < 4.78 is 13.4. The van der Waals surface area contributed by atoms with Gasteiger partial charge in [0.25, 0.3) is 0 Å². The Hall–Kier alpha value is -1.05. The molecule has 2 aliphatic carbocycles. The first kappa shape index (κ1) is 9.20. The van der Waals surface area contributed by atoms with Crippen LogP contribution in [-0.2, 0) is 0 Å². The molecular formula is C13H16FN. The zero-order chi connectivity index (χ0) is 10.3. The molecule has 0 unspecified atom stereocenters. The molecule has 2 aliphatic rings. The van der Waals surface area contributed by atoms with E-state index in [9.17, 15) is 4.39 Å². The summed E-state index contributed by atoms with van der Waals surface area (Å²) in [6.07, 6.45) is 5.31. The van der Waals surface area contributed by atoms with Gasteiger partial charge in [-0.3, -0.25) is 0 Å². The average molecular weight is 205 g/mol. The van der Waals surface area contributed by atoms with Gasteiger partial charge in [-0.25, -0.2) is 4.39 Å². The maximum atomic E-state index is 13.4. The van der Waals surface area contributed by atoms with E-state index >= 15 is 0 Å². The van der Waals surface area contributed by atoms with Crippen LogP contribution in [0.5, 0.6) is 0 Å². The Labute approximate surface area is 89.7 Å². The number of para-hydroxylation sites is 1. The molecule has 1 N–H and O–H groups in total. The summed E-state index contributed by atoms with van der Waals surface area (Å²) in [6, 6.07) is 7.50. The van der Waals surface area contributed by atoms with Gasteiger partial charge < -0.3 is 5.32 Å². The van der Waals surface area contributed by atoms with Crippen molar-refractivity contribution in [3.63, 3.8) is 0 Å². The fraction of sp³-hybridized carbons (Fsp3) is 0.538. The van der Waals surface area contributed by atoms with E-state index in [1.54, 1.807) is 6.07 Å². The van der Waals surface area contributed by atoms with Crippen LogP contribution in [0.1, 0.15) is 25.7 Å². The SMILES string of the molecule is Fc1ccccc1N[C@@H]1C[C@@H]2CC[C@@H]1C2. The van der Waals surface area contributed by atoms with E-state index in [-0.39, 0.29) is 5.82 Å². The molecule has 0 aliphatic heterocycles. The minimum Gasteiger partial charge on any atom is -0.380 e. The van der Waals surface area contributed by atoms with Crippen LogP contribution < -0.4 is 5.32 Å². The number of nitrogens with one attached hydrogen (secondary N) is 1. The third kappa shape index (κ3) is 1.62. The first-order valence-corrected chi connectivity index (χ1v) is 5.84. The molecule has 1 nitrogen and oxygen atoms in total. The molecule has 0 spiro atoms. The zero-order valence-electron chi connectivity index (χ0n) is 8.75. The Morgan fingerprint density at radius 1 is 1.13 bits per heavy atom. The van der Waals surface area contributed by atoms with Crippen LogP contribution in [0, 0.1) is 17.7 Å². The van der Waals surface area contributed by atoms with Gasteiger partial charge in [0.1, 0.15) is 5.82 Å². The largest absolute Gasteiger partial charge is 0.380 e. The van der Waals surface area contributed by atoms with Gasteiger partial charge in [0.05, 0.1) is 5.69 Å². The van der Waals surface area contributed by atoms with Crippen LogP contribution in [-0.4, -0.2) is 6.04 Å². The molecule has 0 saturated heterocycles. The molecule has 0 amide bonds. The molecule has 2 bridgehead atoms. The number of hydrogen-bond acceptors (Lipinski definition) is 1. The molecule has 15 heavy (non-hydrogen) atoms. The lowest BCUT2D eigenvalue weighted by molar-refractivity contribution is 0.438. The van der Waals surface area contributed by atoms with Crippen molar-refractivity contribution < 1.29 is 4.39 Å². The van der Waals surface area contributed by atoms with Crippen molar-refractivity contribution in [1.29, 1.82) is 0 Å². The summed E-state index contributed by atoms with van der Waals surface area (Å²) in [5.74, 6) is 1.56. The van der Waals surface area contributed by atoms with E-state index in [0.717, 1.165) is 11.8 Å². The quantitative estimate of drug-likeness (QED) is 0.780. The first-order chi connectivity index (χ1) is 7.33. The van der Waals surface area contributed by atoms with Gasteiger partial charge >= 0.3 is 0 Å². The van der Waals surface area contributed by atoms with Gasteiger partial charge in [-0.05, 0) is 43.2 Å². The highest BCUT2D eigenvalue weighted by atomic mass is 19.1. The number of hydrogen-bond donors (Lipinski definition) is 1. The second-order valence-electron chi connectivity index (χ2n) is 4.91. The highest BCUT2D eigenvalue weighted by Gasteiger charge is 2.39. The van der Waals surface area contributed by atoms with Gasteiger partial charge in [0.15, 0.2) is 0 Å². The van der Waals surface area contributed by atoms with E-state index in [0.29, 0.717) is 11.7 Å². The third-order valence-electron chi connectivity index (χ3n) is 3.95. The Kier molecular flexibility index (Phi) is 2.15. The molecular weight excluding hydrogens is 189 g/mol. The van der Waals surface area contributed by atoms with Crippen LogP contribution in [0.4, 0.5) is 10.1 Å². The monoisotopic (exact) mass is 205 g/mol. The zero-order valence-corrected chi connectivity index (χ0v) is 8.75. The Balaban J connectivity index is 1.73. The molecule has 2 fully saturated rings. The summed E-state index contributed by atoms with van der Waals surface area (Å²) in [4.78, 5) is 0. The normalized spacial score (nSPS) is 33.3. The molecule has 0 radical (unpaired) electrons. The van der Waals surface area contributed by atoms with E-state index in [1.807, 2.05) is 12.1 Å². The second-order valence-corrected chi connectivity index (χ2v) is 4.91. The maximum absolute atomic E-state index is 13.4. The van der Waals surface area contributed by atoms with Gasteiger partial charge in [0.2, 0.25) is 0 Å². The van der Waals surface area contributed by atoms with Crippen LogP contribution in [0.15, 0.2) is 24.3 Å². The van der Waals surface area contributed by atoms with E-state index in [4.69, 9.17) is 0 Å². The van der Waals surface area contributed by atoms with Gasteiger partial charge in [-0.15, -0.1) is 0 Å². The first-order valence-electron chi connectivity index (χ1n) is 5.84. The van der Waals surface area contributed by atoms with Crippen LogP contribution in [0.25, 0.3) is 0 Å². The van der Waals surface area contributed by atoms with Crippen LogP contribution >= 0.6 is 0 Å². The molecule has 2 heteroatoms. The van der Waals surface area contributed by atoms with Gasteiger partial charge in [-0.2, -0.15) is 0 Å². The predicted octanol–water partition coefficient (Wildman–Crippen LogP) is 3.43. The lowest BCUT2D eigenvalue weighted by atomic mass is 9.95. The molecule has 1 aromatic carbocycles. The van der Waals surface area contributed by atoms with Crippen molar-refractivity contribution >= 4 is 5.69 Å². The fourth-order valence-electron chi connectivity index (χ4n) is 3.20. The fourth-order valence-corrected chi connectivity index (χ4v) is 3.20. The lowest BCUT2D eigenvalue weighted by Crippen LogP contribution is -2.26. The van der Waals surface area contributed by atoms with E-state index in [2.05, 4.69) is 5.32 Å². The van der Waals surface area contributed by atoms with Crippen molar-refractivity contribution in [2.75, 3.05) is 5.32 Å². The number of benzene rings is 1. The molecule has 2 saturated carbocycles. The Bertz CT molecular complexity index is 363. The smallest absolute Gasteiger partial charge is 0.146 e. The van der Waals surface area contributed by atoms with Crippen molar-refractivity contribution in [3.8, 4) is 0 Å². The highest BCUT2D eigenvalue weighted by Crippen LogP contribution is 2.45. The summed E-state index contributed by atoms with van der Waals surface area (Å²) >= 11 is 0. The van der Waals surface area contributed by atoms with E-state index in [1.165, 1.54) is 31.7 Å². The minimum atomic E-state index is -0.125. The molecule has 3 rings (SSSR count). The minimum absolute atomic E-state index is 0.125. The number of rotatable bonds is 2. The van der Waals surface area contributed by atoms with Crippen molar-refractivity contribution in [1.82, 2.24) is 0 Å². The average Bonchev–Trinajstić information content (AvgIpc) is 2.83. The van der Waals surface area contributed by atoms with Crippen LogP contribution in [0.3, 0.4) is 0 Å². The molecule has 0 heterocycles. The number of halogens is 1. The molecule has 3 atom stereocenters. The lowest BCUT2D eigenvalue weighted by Gasteiger charge is -2.24. The highest BCUT2D eigenvalue weighted by molar-refractivity contribution is 5.45. The number of anilines is 1. The third-order valence-corrected chi connectivity index (χ3v) is 3.95. The topological polar surface area (TPSA) is 12.0 Å². The van der Waals surface area contributed by atoms with Crippen LogP contribution in [0.2, 0.25) is 0 Å². The molecule has 0 aromatic heterocycles. The maximum Gasteiger partial charge on any atom is 0.146 e. The molecule has 80 valence electrons. The second kappa shape index (κ2) is 3.51. The summed E-state index contributed by atoms with van der Waals surface area (Å²) in [5, 5.41) is 3.37. The Morgan fingerprint density at radius 3 is 2.67 bits per heavy atom. The van der Waals surface area contributed by atoms with E-state index < -0.39 is 0 Å². The van der Waals surface area contributed by atoms with Gasteiger partial charge in [-0.1, -0.05) is 18.6 Å². The number of fused-ring (bicyclic) bond motifs is 2. The summed E-state index contributed by atoms with van der Waals surface area (Å²) in [6.45, 7) is 0. The summed E-state index contributed by atoms with van der Waals surface area (Å²) in [5.41, 5.74) is 0.676. The summed E-state index contributed by atoms with van der Waals surface area (Å²) in [7, 11) is 0. The van der Waals surface area contributed by atoms with Gasteiger partial charge in [0, 0.05) is 6.04 Å². The Morgan fingerprint density at radius 2 is 2.00 bits per heavy atom. The standard InChI is InChI=1S/C13H16FN/c14-11-3-1-2-4-12(11)15-13-8-9-5-6-10(13)7-9/h1-4,9-10,13,15H,5-8H2/t9-,10-,13-/m1/s1. The van der Waals surface area contributed by atoms with Crippen molar-refractivity contribution in [3.05, 3.63) is 30.1 Å². The predicted molar refractivity (Wildman–Crippen MR) is 59.3 cm³/mol. The van der Waals surface area contributed by atoms with Crippen molar-refractivity contribution in [2.45, 2.75) is 31.7 Å². The van der Waals surface area contributed by atoms with Crippen molar-refractivity contribution in [2.24, 2.45) is 11.8 Å².